The van der Waals surface area contributed by atoms with Crippen molar-refractivity contribution in [3.8, 4) is 11.5 Å². The van der Waals surface area contributed by atoms with E-state index in [-0.39, 0.29) is 18.3 Å². The number of fused-ring (bicyclic) bond motifs is 1. The minimum atomic E-state index is -0.188. The molecule has 1 amide bonds. The van der Waals surface area contributed by atoms with Gasteiger partial charge >= 0.3 is 6.01 Å². The van der Waals surface area contributed by atoms with Crippen molar-refractivity contribution >= 4 is 34.2 Å². The molecule has 0 fully saturated rings. The smallest absolute Gasteiger partial charge is 0.322 e. The van der Waals surface area contributed by atoms with Crippen LogP contribution in [0.4, 0.5) is 6.01 Å². The van der Waals surface area contributed by atoms with Crippen LogP contribution in [0.25, 0.3) is 22.4 Å². The van der Waals surface area contributed by atoms with Crippen LogP contribution in [-0.2, 0) is 18.3 Å². The molecular weight excluding hydrogens is 324 g/mol. The number of thiophene rings is 1. The van der Waals surface area contributed by atoms with E-state index < -0.39 is 0 Å². The van der Waals surface area contributed by atoms with Gasteiger partial charge in [0.15, 0.2) is 0 Å². The minimum Gasteiger partial charge on any atom is -0.403 e. The number of hydrogen-bond donors (Lipinski definition) is 1. The van der Waals surface area contributed by atoms with Crippen molar-refractivity contribution in [3.05, 3.63) is 52.9 Å². The van der Waals surface area contributed by atoms with Crippen LogP contribution in [0.1, 0.15) is 5.56 Å². The third-order valence-electron chi connectivity index (χ3n) is 3.77. The van der Waals surface area contributed by atoms with Crippen molar-refractivity contribution in [1.82, 2.24) is 14.8 Å². The standard InChI is InChI=1S/C17H14N4O2S/c1-21-9-12(13-4-2-3-5-14(13)21)8-15(22)18-17-20-19-16(23-17)11-6-7-24-10-11/h2-7,9-10H,8H2,1H3,(H,18,20,22). The lowest BCUT2D eigenvalue weighted by atomic mass is 10.1. The van der Waals surface area contributed by atoms with Gasteiger partial charge in [0.05, 0.1) is 6.42 Å². The van der Waals surface area contributed by atoms with Crippen molar-refractivity contribution in [3.63, 3.8) is 0 Å². The highest BCUT2D eigenvalue weighted by molar-refractivity contribution is 7.08. The van der Waals surface area contributed by atoms with Crippen LogP contribution in [0, 0.1) is 0 Å². The summed E-state index contributed by atoms with van der Waals surface area (Å²) in [6.45, 7) is 0. The second-order valence-corrected chi connectivity index (χ2v) is 6.21. The summed E-state index contributed by atoms with van der Waals surface area (Å²) in [5, 5.41) is 15.4. The highest BCUT2D eigenvalue weighted by atomic mass is 32.1. The van der Waals surface area contributed by atoms with E-state index in [1.807, 2.05) is 58.9 Å². The number of benzene rings is 1. The molecule has 0 saturated carbocycles. The van der Waals surface area contributed by atoms with E-state index in [0.717, 1.165) is 22.0 Å². The molecule has 1 aromatic carbocycles. The highest BCUT2D eigenvalue weighted by Gasteiger charge is 2.14. The molecule has 1 N–H and O–H groups in total. The topological polar surface area (TPSA) is 73.0 Å². The van der Waals surface area contributed by atoms with E-state index in [4.69, 9.17) is 4.42 Å². The number of hydrogen-bond acceptors (Lipinski definition) is 5. The molecule has 4 rings (SSSR count). The molecule has 0 unspecified atom stereocenters. The second-order valence-electron chi connectivity index (χ2n) is 5.43. The number of carbonyl (C=O) groups is 1. The van der Waals surface area contributed by atoms with Crippen molar-refractivity contribution < 1.29 is 9.21 Å². The minimum absolute atomic E-state index is 0.112. The monoisotopic (exact) mass is 338 g/mol. The first-order valence-corrected chi connectivity index (χ1v) is 8.34. The summed E-state index contributed by atoms with van der Waals surface area (Å²) in [6, 6.07) is 9.99. The fraction of sp³-hybridized carbons (Fsp3) is 0.118. The SMILES string of the molecule is Cn1cc(CC(=O)Nc2nnc(-c3ccsc3)o2)c2ccccc21. The highest BCUT2D eigenvalue weighted by Crippen LogP contribution is 2.23. The third kappa shape index (κ3) is 2.69. The molecule has 0 saturated heterocycles. The van der Waals surface area contributed by atoms with Crippen LogP contribution in [0.3, 0.4) is 0 Å². The van der Waals surface area contributed by atoms with Crippen LogP contribution in [0.15, 0.2) is 51.7 Å². The van der Waals surface area contributed by atoms with Crippen LogP contribution in [0.5, 0.6) is 0 Å². The second kappa shape index (κ2) is 5.93. The number of aryl methyl sites for hydroxylation is 1. The third-order valence-corrected chi connectivity index (χ3v) is 4.45. The molecular formula is C17H14N4O2S. The lowest BCUT2D eigenvalue weighted by molar-refractivity contribution is -0.115. The maximum Gasteiger partial charge on any atom is 0.322 e. The van der Waals surface area contributed by atoms with E-state index in [9.17, 15) is 4.79 Å². The maximum atomic E-state index is 12.3. The number of nitrogens with one attached hydrogen (secondary N) is 1. The summed E-state index contributed by atoms with van der Waals surface area (Å²) >= 11 is 1.55. The van der Waals surface area contributed by atoms with E-state index in [1.165, 1.54) is 0 Å². The Morgan fingerprint density at radius 2 is 2.17 bits per heavy atom. The van der Waals surface area contributed by atoms with Crippen LogP contribution in [-0.4, -0.2) is 20.7 Å². The summed E-state index contributed by atoms with van der Waals surface area (Å²) in [7, 11) is 1.97. The zero-order valence-corrected chi connectivity index (χ0v) is 13.7. The summed E-state index contributed by atoms with van der Waals surface area (Å²) < 4.78 is 7.49. The Hall–Kier alpha value is -2.93. The molecule has 0 radical (unpaired) electrons. The molecule has 24 heavy (non-hydrogen) atoms. The largest absolute Gasteiger partial charge is 0.403 e. The molecule has 0 aliphatic rings. The first-order chi connectivity index (χ1) is 11.7. The molecule has 0 aliphatic carbocycles. The molecule has 3 heterocycles. The summed E-state index contributed by atoms with van der Waals surface area (Å²) in [5.74, 6) is 0.212. The Morgan fingerprint density at radius 1 is 1.29 bits per heavy atom. The summed E-state index contributed by atoms with van der Waals surface area (Å²) in [6.07, 6.45) is 2.21. The van der Waals surface area contributed by atoms with Gasteiger partial charge < -0.3 is 8.98 Å². The molecule has 7 heteroatoms. The van der Waals surface area contributed by atoms with Gasteiger partial charge in [-0.15, -0.1) is 5.10 Å². The van der Waals surface area contributed by atoms with Gasteiger partial charge in [0.1, 0.15) is 0 Å². The Kier molecular flexibility index (Phi) is 3.62. The van der Waals surface area contributed by atoms with Gasteiger partial charge in [-0.1, -0.05) is 23.3 Å². The molecule has 6 nitrogen and oxygen atoms in total. The van der Waals surface area contributed by atoms with Gasteiger partial charge in [0.2, 0.25) is 5.91 Å². The Bertz CT molecular complexity index is 1000. The van der Waals surface area contributed by atoms with E-state index in [2.05, 4.69) is 15.5 Å². The summed E-state index contributed by atoms with van der Waals surface area (Å²) in [5.41, 5.74) is 2.91. The molecule has 0 bridgehead atoms. The number of para-hydroxylation sites is 1. The number of amides is 1. The van der Waals surface area contributed by atoms with Crippen molar-refractivity contribution in [2.75, 3.05) is 5.32 Å². The fourth-order valence-electron chi connectivity index (χ4n) is 2.68. The molecule has 0 aliphatic heterocycles. The number of carbonyl (C=O) groups excluding carboxylic acids is 1. The van der Waals surface area contributed by atoms with Gasteiger partial charge in [0, 0.05) is 35.1 Å². The molecule has 3 aromatic heterocycles. The molecule has 4 aromatic rings. The normalized spacial score (nSPS) is 11.0. The zero-order chi connectivity index (χ0) is 16.5. The van der Waals surface area contributed by atoms with Gasteiger partial charge in [-0.2, -0.15) is 11.3 Å². The lowest BCUT2D eigenvalue weighted by Crippen LogP contribution is -2.14. The van der Waals surface area contributed by atoms with Crippen LogP contribution in [0.2, 0.25) is 0 Å². The lowest BCUT2D eigenvalue weighted by Gasteiger charge is -1.99. The number of nitrogens with zero attached hydrogens (tertiary/aromatic N) is 3. The summed E-state index contributed by atoms with van der Waals surface area (Å²) in [4.78, 5) is 12.3. The zero-order valence-electron chi connectivity index (χ0n) is 12.9. The number of anilines is 1. The van der Waals surface area contributed by atoms with Gasteiger partial charge in [-0.05, 0) is 23.1 Å². The predicted molar refractivity (Wildman–Crippen MR) is 92.9 cm³/mol. The Labute approximate surface area is 141 Å². The molecule has 0 atom stereocenters. The average Bonchev–Trinajstić information content (AvgIpc) is 3.29. The van der Waals surface area contributed by atoms with Crippen molar-refractivity contribution in [2.45, 2.75) is 6.42 Å². The van der Waals surface area contributed by atoms with E-state index in [1.54, 1.807) is 11.3 Å². The van der Waals surface area contributed by atoms with Crippen molar-refractivity contribution in [2.24, 2.45) is 7.05 Å². The number of aromatic nitrogens is 3. The predicted octanol–water partition coefficient (Wildman–Crippen LogP) is 3.47. The average molecular weight is 338 g/mol. The maximum absolute atomic E-state index is 12.3. The Balaban J connectivity index is 1.50. The number of rotatable bonds is 4. The van der Waals surface area contributed by atoms with Crippen LogP contribution >= 0.6 is 11.3 Å². The van der Waals surface area contributed by atoms with Gasteiger partial charge in [0.25, 0.3) is 5.89 Å². The fourth-order valence-corrected chi connectivity index (χ4v) is 3.31. The Morgan fingerprint density at radius 3 is 3.00 bits per heavy atom. The van der Waals surface area contributed by atoms with Gasteiger partial charge in [-0.25, -0.2) is 0 Å². The molecule has 0 spiro atoms. The molecule has 120 valence electrons. The first-order valence-electron chi connectivity index (χ1n) is 7.39. The quantitative estimate of drug-likeness (QED) is 0.618. The van der Waals surface area contributed by atoms with Crippen molar-refractivity contribution in [1.29, 1.82) is 0 Å². The van der Waals surface area contributed by atoms with Crippen LogP contribution < -0.4 is 5.32 Å². The van der Waals surface area contributed by atoms with E-state index in [0.29, 0.717) is 5.89 Å². The first kappa shape index (κ1) is 14.6. The van der Waals surface area contributed by atoms with E-state index >= 15 is 0 Å². The van der Waals surface area contributed by atoms with Gasteiger partial charge in [-0.3, -0.25) is 10.1 Å².